The Morgan fingerprint density at radius 2 is 1.58 bits per heavy atom. The lowest BCUT2D eigenvalue weighted by atomic mass is 9.99. The van der Waals surface area contributed by atoms with Gasteiger partial charge in [-0.3, -0.25) is 4.90 Å². The summed E-state index contributed by atoms with van der Waals surface area (Å²) in [6, 6.07) is 0. The molecule has 1 rings (SSSR count). The molecule has 114 valence electrons. The van der Waals surface area contributed by atoms with E-state index in [0.717, 1.165) is 32.7 Å². The van der Waals surface area contributed by atoms with E-state index in [1.165, 1.54) is 25.7 Å². The minimum absolute atomic E-state index is 0.0249. The van der Waals surface area contributed by atoms with Gasteiger partial charge in [0.1, 0.15) is 0 Å². The fourth-order valence-corrected chi connectivity index (χ4v) is 3.14. The third-order valence-corrected chi connectivity index (χ3v) is 3.57. The summed E-state index contributed by atoms with van der Waals surface area (Å²) in [7, 11) is 0. The van der Waals surface area contributed by atoms with Crippen LogP contribution in [-0.2, 0) is 4.74 Å². The quantitative estimate of drug-likeness (QED) is 0.686. The molecule has 1 aliphatic heterocycles. The van der Waals surface area contributed by atoms with Crippen LogP contribution in [0.15, 0.2) is 0 Å². The van der Waals surface area contributed by atoms with Gasteiger partial charge in [-0.25, -0.2) is 0 Å². The third-order valence-electron chi connectivity index (χ3n) is 3.57. The molecule has 0 atom stereocenters. The maximum absolute atomic E-state index is 6.10. The maximum atomic E-state index is 6.10. The average molecular weight is 270 g/mol. The van der Waals surface area contributed by atoms with Crippen LogP contribution in [0.3, 0.4) is 0 Å². The Balaban J connectivity index is 2.15. The molecule has 0 spiro atoms. The normalized spacial score (nSPS) is 22.6. The van der Waals surface area contributed by atoms with E-state index in [1.807, 2.05) is 0 Å². The second-order valence-electron chi connectivity index (χ2n) is 7.14. The highest BCUT2D eigenvalue weighted by molar-refractivity contribution is 4.89. The molecule has 0 unspecified atom stereocenters. The Labute approximate surface area is 120 Å². The SMILES string of the molecule is CCCCCCNCCN1CC(C)(C)OC(C)(C)C1. The second-order valence-corrected chi connectivity index (χ2v) is 7.14. The molecule has 1 aliphatic rings. The van der Waals surface area contributed by atoms with Gasteiger partial charge in [-0.1, -0.05) is 26.2 Å². The van der Waals surface area contributed by atoms with E-state index in [9.17, 15) is 0 Å². The number of rotatable bonds is 8. The first-order valence-corrected chi connectivity index (χ1v) is 7.98. The Bertz CT molecular complexity index is 235. The molecule has 1 fully saturated rings. The largest absolute Gasteiger partial charge is 0.367 e. The van der Waals surface area contributed by atoms with E-state index in [-0.39, 0.29) is 11.2 Å². The highest BCUT2D eigenvalue weighted by Gasteiger charge is 2.37. The van der Waals surface area contributed by atoms with Crippen LogP contribution < -0.4 is 5.32 Å². The Morgan fingerprint density at radius 3 is 2.16 bits per heavy atom. The van der Waals surface area contributed by atoms with Crippen molar-refractivity contribution in [3.05, 3.63) is 0 Å². The van der Waals surface area contributed by atoms with E-state index in [1.54, 1.807) is 0 Å². The van der Waals surface area contributed by atoms with Crippen LogP contribution in [0.4, 0.5) is 0 Å². The molecule has 1 heterocycles. The molecule has 0 aliphatic carbocycles. The van der Waals surface area contributed by atoms with Crippen molar-refractivity contribution in [3.63, 3.8) is 0 Å². The number of nitrogens with one attached hydrogen (secondary N) is 1. The van der Waals surface area contributed by atoms with Crippen LogP contribution in [0.5, 0.6) is 0 Å². The zero-order valence-electron chi connectivity index (χ0n) is 13.7. The molecule has 0 amide bonds. The smallest absolute Gasteiger partial charge is 0.0760 e. The topological polar surface area (TPSA) is 24.5 Å². The van der Waals surface area contributed by atoms with Gasteiger partial charge in [-0.2, -0.15) is 0 Å². The second kappa shape index (κ2) is 7.61. The molecule has 3 nitrogen and oxygen atoms in total. The monoisotopic (exact) mass is 270 g/mol. The van der Waals surface area contributed by atoms with Crippen molar-refractivity contribution in [1.29, 1.82) is 0 Å². The van der Waals surface area contributed by atoms with E-state index >= 15 is 0 Å². The van der Waals surface area contributed by atoms with E-state index in [4.69, 9.17) is 4.74 Å². The minimum atomic E-state index is -0.0249. The summed E-state index contributed by atoms with van der Waals surface area (Å²) in [5.41, 5.74) is -0.0498. The van der Waals surface area contributed by atoms with Gasteiger partial charge >= 0.3 is 0 Å². The Kier molecular flexibility index (Phi) is 6.78. The van der Waals surface area contributed by atoms with Crippen molar-refractivity contribution >= 4 is 0 Å². The number of nitrogens with zero attached hydrogens (tertiary/aromatic N) is 1. The molecular formula is C16H34N2O. The summed E-state index contributed by atoms with van der Waals surface area (Å²) in [5.74, 6) is 0. The van der Waals surface area contributed by atoms with Gasteiger partial charge in [0.25, 0.3) is 0 Å². The van der Waals surface area contributed by atoms with Crippen molar-refractivity contribution in [3.8, 4) is 0 Å². The molecule has 0 aromatic rings. The highest BCUT2D eigenvalue weighted by atomic mass is 16.5. The minimum Gasteiger partial charge on any atom is -0.367 e. The number of morpholine rings is 1. The average Bonchev–Trinajstić information content (AvgIpc) is 2.23. The third kappa shape index (κ3) is 7.28. The van der Waals surface area contributed by atoms with Gasteiger partial charge in [0.15, 0.2) is 0 Å². The highest BCUT2D eigenvalue weighted by Crippen LogP contribution is 2.27. The molecule has 19 heavy (non-hydrogen) atoms. The number of hydrogen-bond acceptors (Lipinski definition) is 3. The van der Waals surface area contributed by atoms with Gasteiger partial charge < -0.3 is 10.1 Å². The van der Waals surface area contributed by atoms with Crippen molar-refractivity contribution < 1.29 is 4.74 Å². The molecule has 1 saturated heterocycles. The van der Waals surface area contributed by atoms with Crippen molar-refractivity contribution in [1.82, 2.24) is 10.2 Å². The lowest BCUT2D eigenvalue weighted by Gasteiger charge is -2.47. The fourth-order valence-electron chi connectivity index (χ4n) is 3.14. The van der Waals surface area contributed by atoms with Gasteiger partial charge in [0, 0.05) is 26.2 Å². The van der Waals surface area contributed by atoms with Crippen molar-refractivity contribution in [2.45, 2.75) is 71.5 Å². The molecule has 0 radical (unpaired) electrons. The van der Waals surface area contributed by atoms with Crippen LogP contribution >= 0.6 is 0 Å². The van der Waals surface area contributed by atoms with Crippen LogP contribution in [0.2, 0.25) is 0 Å². The van der Waals surface area contributed by atoms with Gasteiger partial charge in [0.05, 0.1) is 11.2 Å². The molecule has 3 heteroatoms. The zero-order chi connectivity index (χ0) is 14.4. The van der Waals surface area contributed by atoms with E-state index in [0.29, 0.717) is 0 Å². The van der Waals surface area contributed by atoms with Gasteiger partial charge in [-0.05, 0) is 40.7 Å². The lowest BCUT2D eigenvalue weighted by Crippen LogP contribution is -2.58. The Hall–Kier alpha value is -0.120. The summed E-state index contributed by atoms with van der Waals surface area (Å²) < 4.78 is 6.10. The number of unbranched alkanes of at least 4 members (excludes halogenated alkanes) is 3. The first kappa shape index (κ1) is 16.9. The molecule has 0 bridgehead atoms. The van der Waals surface area contributed by atoms with Gasteiger partial charge in [-0.15, -0.1) is 0 Å². The summed E-state index contributed by atoms with van der Waals surface area (Å²) in [4.78, 5) is 2.53. The lowest BCUT2D eigenvalue weighted by molar-refractivity contribution is -0.180. The molecule has 1 N–H and O–H groups in total. The van der Waals surface area contributed by atoms with Crippen LogP contribution in [-0.4, -0.2) is 48.8 Å². The van der Waals surface area contributed by atoms with Crippen LogP contribution in [0, 0.1) is 0 Å². The van der Waals surface area contributed by atoms with Crippen LogP contribution in [0.1, 0.15) is 60.3 Å². The predicted octanol–water partition coefficient (Wildman–Crippen LogP) is 3.05. The molecule has 0 aromatic carbocycles. The standard InChI is InChI=1S/C16H34N2O/c1-6-7-8-9-10-17-11-12-18-13-15(2,3)19-16(4,5)14-18/h17H,6-14H2,1-5H3. The van der Waals surface area contributed by atoms with E-state index < -0.39 is 0 Å². The molecular weight excluding hydrogens is 236 g/mol. The summed E-state index contributed by atoms with van der Waals surface area (Å²) in [6.07, 6.45) is 5.36. The number of hydrogen-bond donors (Lipinski definition) is 1. The summed E-state index contributed by atoms with van der Waals surface area (Å²) in [6.45, 7) is 16.5. The first-order chi connectivity index (χ1) is 8.85. The molecule has 0 aromatic heterocycles. The summed E-state index contributed by atoms with van der Waals surface area (Å²) >= 11 is 0. The van der Waals surface area contributed by atoms with Crippen molar-refractivity contribution in [2.75, 3.05) is 32.7 Å². The predicted molar refractivity (Wildman–Crippen MR) is 82.7 cm³/mol. The molecule has 0 saturated carbocycles. The first-order valence-electron chi connectivity index (χ1n) is 7.98. The summed E-state index contributed by atoms with van der Waals surface area (Å²) in [5, 5.41) is 3.56. The van der Waals surface area contributed by atoms with Crippen molar-refractivity contribution in [2.24, 2.45) is 0 Å². The Morgan fingerprint density at radius 1 is 0.947 bits per heavy atom. The van der Waals surface area contributed by atoms with E-state index in [2.05, 4.69) is 44.8 Å². The fraction of sp³-hybridized carbons (Fsp3) is 1.00. The maximum Gasteiger partial charge on any atom is 0.0760 e. The van der Waals surface area contributed by atoms with Crippen LogP contribution in [0.25, 0.3) is 0 Å². The van der Waals surface area contributed by atoms with Gasteiger partial charge in [0.2, 0.25) is 0 Å². The zero-order valence-corrected chi connectivity index (χ0v) is 13.7. The number of ether oxygens (including phenoxy) is 1.